The Bertz CT molecular complexity index is 1100. The van der Waals surface area contributed by atoms with Crippen LogP contribution in [0.15, 0.2) is 36.4 Å². The first-order valence-electron chi connectivity index (χ1n) is 9.19. The molecule has 156 valence electrons. The minimum atomic E-state index is -0.463. The number of nitrogens with zero attached hydrogens (tertiary/aromatic N) is 2. The van der Waals surface area contributed by atoms with Gasteiger partial charge in [-0.25, -0.2) is 9.48 Å². The Morgan fingerprint density at radius 3 is 2.37 bits per heavy atom. The minimum Gasteiger partial charge on any atom is -0.493 e. The van der Waals surface area contributed by atoms with Crippen molar-refractivity contribution in [3.05, 3.63) is 58.2 Å². The van der Waals surface area contributed by atoms with Crippen LogP contribution in [0.1, 0.15) is 22.9 Å². The van der Waals surface area contributed by atoms with Crippen LogP contribution in [-0.2, 0) is 0 Å². The third kappa shape index (κ3) is 3.29. The van der Waals surface area contributed by atoms with E-state index in [4.69, 9.17) is 25.8 Å². The van der Waals surface area contributed by atoms with Crippen LogP contribution in [0, 0.1) is 6.92 Å². The Balaban J connectivity index is 1.89. The van der Waals surface area contributed by atoms with Crippen LogP contribution < -0.4 is 24.8 Å². The van der Waals surface area contributed by atoms with Crippen LogP contribution in [0.5, 0.6) is 17.2 Å². The summed E-state index contributed by atoms with van der Waals surface area (Å²) in [5, 5.41) is 11.1. The number of fused-ring (bicyclic) bond motifs is 1. The van der Waals surface area contributed by atoms with Crippen LogP contribution in [-0.4, -0.2) is 37.1 Å². The number of nitrogens with one attached hydrogen (secondary N) is 2. The quantitative estimate of drug-likeness (QED) is 0.639. The molecule has 1 atom stereocenters. The largest absolute Gasteiger partial charge is 0.493 e. The van der Waals surface area contributed by atoms with Gasteiger partial charge in [0.25, 0.3) is 0 Å². The summed E-state index contributed by atoms with van der Waals surface area (Å²) in [5.74, 6) is 2.06. The highest BCUT2D eigenvalue weighted by molar-refractivity contribution is 6.30. The number of ether oxygens (including phenoxy) is 3. The van der Waals surface area contributed by atoms with Gasteiger partial charge in [-0.15, -0.1) is 0 Å². The monoisotopic (exact) mass is 428 g/mol. The van der Waals surface area contributed by atoms with Crippen LogP contribution in [0.25, 0.3) is 5.69 Å². The number of aryl methyl sites for hydroxylation is 1. The van der Waals surface area contributed by atoms with Crippen molar-refractivity contribution < 1.29 is 19.0 Å². The second-order valence-electron chi connectivity index (χ2n) is 6.73. The van der Waals surface area contributed by atoms with E-state index in [0.717, 1.165) is 22.5 Å². The molecule has 0 fully saturated rings. The molecular weight excluding hydrogens is 408 g/mol. The molecule has 1 aromatic heterocycles. The highest BCUT2D eigenvalue weighted by Crippen LogP contribution is 2.43. The van der Waals surface area contributed by atoms with Crippen LogP contribution in [0.4, 0.5) is 10.6 Å². The van der Waals surface area contributed by atoms with Gasteiger partial charge in [0, 0.05) is 10.6 Å². The summed E-state index contributed by atoms with van der Waals surface area (Å²) < 4.78 is 18.0. The summed E-state index contributed by atoms with van der Waals surface area (Å²) in [6.45, 7) is 1.89. The van der Waals surface area contributed by atoms with Crippen LogP contribution >= 0.6 is 11.6 Å². The lowest BCUT2D eigenvalue weighted by Crippen LogP contribution is -2.38. The second kappa shape index (κ2) is 7.79. The van der Waals surface area contributed by atoms with E-state index in [-0.39, 0.29) is 6.03 Å². The summed E-state index contributed by atoms with van der Waals surface area (Å²) in [6, 6.07) is 10.1. The predicted molar refractivity (Wildman–Crippen MR) is 113 cm³/mol. The van der Waals surface area contributed by atoms with Crippen molar-refractivity contribution in [3.8, 4) is 22.9 Å². The Morgan fingerprint density at radius 2 is 1.77 bits per heavy atom. The Kier molecular flexibility index (Phi) is 5.17. The molecule has 1 aliphatic heterocycles. The van der Waals surface area contributed by atoms with Gasteiger partial charge < -0.3 is 19.5 Å². The average molecular weight is 429 g/mol. The number of carbonyl (C=O) groups excluding carboxylic acids is 1. The third-order valence-corrected chi connectivity index (χ3v) is 5.21. The summed E-state index contributed by atoms with van der Waals surface area (Å²) in [4.78, 5) is 12.5. The third-order valence-electron chi connectivity index (χ3n) is 4.98. The van der Waals surface area contributed by atoms with Gasteiger partial charge in [-0.05, 0) is 42.8 Å². The molecule has 0 bridgehead atoms. The lowest BCUT2D eigenvalue weighted by molar-refractivity contribution is 0.248. The SMILES string of the molecule is COc1cc(C2NC(=O)Nc3c2c(C)nn3-c2cccc(Cl)c2)cc(OC)c1OC. The van der Waals surface area contributed by atoms with Crippen molar-refractivity contribution in [2.24, 2.45) is 0 Å². The van der Waals surface area contributed by atoms with Gasteiger partial charge >= 0.3 is 6.03 Å². The molecule has 1 aliphatic rings. The first-order valence-corrected chi connectivity index (χ1v) is 9.57. The maximum atomic E-state index is 12.5. The van der Waals surface area contributed by atoms with E-state index in [1.807, 2.05) is 31.2 Å². The number of benzene rings is 2. The van der Waals surface area contributed by atoms with Gasteiger partial charge in [-0.1, -0.05) is 17.7 Å². The normalized spacial score (nSPS) is 15.1. The zero-order valence-corrected chi connectivity index (χ0v) is 17.7. The highest BCUT2D eigenvalue weighted by Gasteiger charge is 2.33. The molecule has 4 rings (SSSR count). The van der Waals surface area contributed by atoms with Gasteiger partial charge in [0.1, 0.15) is 5.82 Å². The van der Waals surface area contributed by atoms with Gasteiger partial charge in [0.05, 0.1) is 38.8 Å². The maximum Gasteiger partial charge on any atom is 0.321 e. The zero-order chi connectivity index (χ0) is 21.4. The number of amides is 2. The number of urea groups is 1. The zero-order valence-electron chi connectivity index (χ0n) is 16.9. The molecule has 1 unspecified atom stereocenters. The molecule has 2 aromatic carbocycles. The summed E-state index contributed by atoms with van der Waals surface area (Å²) >= 11 is 6.15. The van der Waals surface area contributed by atoms with Crippen molar-refractivity contribution in [3.63, 3.8) is 0 Å². The predicted octanol–water partition coefficient (Wildman–Crippen LogP) is 4.08. The number of carbonyl (C=O) groups is 1. The molecule has 2 N–H and O–H groups in total. The number of rotatable bonds is 5. The summed E-state index contributed by atoms with van der Waals surface area (Å²) in [6.07, 6.45) is 0. The number of methoxy groups -OCH3 is 3. The van der Waals surface area contributed by atoms with E-state index in [1.165, 1.54) is 0 Å². The lowest BCUT2D eigenvalue weighted by Gasteiger charge is -2.27. The first kappa shape index (κ1) is 19.9. The number of hydrogen-bond acceptors (Lipinski definition) is 5. The number of anilines is 1. The van der Waals surface area contributed by atoms with E-state index >= 15 is 0 Å². The highest BCUT2D eigenvalue weighted by atomic mass is 35.5. The molecule has 0 saturated carbocycles. The minimum absolute atomic E-state index is 0.343. The molecular formula is C21H21ClN4O4. The van der Waals surface area contributed by atoms with E-state index in [9.17, 15) is 4.79 Å². The fraction of sp³-hybridized carbons (Fsp3) is 0.238. The molecule has 3 aromatic rings. The first-order chi connectivity index (χ1) is 14.5. The maximum absolute atomic E-state index is 12.5. The van der Waals surface area contributed by atoms with Crippen molar-refractivity contribution in [1.82, 2.24) is 15.1 Å². The van der Waals surface area contributed by atoms with E-state index in [0.29, 0.717) is 28.1 Å². The van der Waals surface area contributed by atoms with E-state index in [1.54, 1.807) is 38.1 Å². The molecule has 9 heteroatoms. The fourth-order valence-corrected chi connectivity index (χ4v) is 3.85. The van der Waals surface area contributed by atoms with Crippen LogP contribution in [0.3, 0.4) is 0 Å². The van der Waals surface area contributed by atoms with Gasteiger partial charge in [-0.2, -0.15) is 5.10 Å². The average Bonchev–Trinajstić information content (AvgIpc) is 3.08. The number of aromatic nitrogens is 2. The molecule has 0 aliphatic carbocycles. The van der Waals surface area contributed by atoms with Crippen LogP contribution in [0.2, 0.25) is 5.02 Å². The van der Waals surface area contributed by atoms with Crippen molar-refractivity contribution in [2.75, 3.05) is 26.6 Å². The molecule has 30 heavy (non-hydrogen) atoms. The van der Waals surface area contributed by atoms with Gasteiger partial charge in [0.2, 0.25) is 5.75 Å². The Labute approximate surface area is 178 Å². The number of hydrogen-bond donors (Lipinski definition) is 2. The van der Waals surface area contributed by atoms with Gasteiger partial charge in [0.15, 0.2) is 11.5 Å². The fourth-order valence-electron chi connectivity index (χ4n) is 3.66. The summed E-state index contributed by atoms with van der Waals surface area (Å²) in [5.41, 5.74) is 3.12. The molecule has 2 heterocycles. The Hall–Kier alpha value is -3.39. The standard InChI is InChI=1S/C21H21ClN4O4/c1-11-17-18(12-8-15(28-2)19(30-4)16(9-12)29-3)23-21(27)24-20(17)26(25-11)14-7-5-6-13(22)10-14/h5-10,18H,1-4H3,(H2,23,24,27). The molecule has 8 nitrogen and oxygen atoms in total. The Morgan fingerprint density at radius 1 is 1.07 bits per heavy atom. The van der Waals surface area contributed by atoms with E-state index in [2.05, 4.69) is 15.7 Å². The van der Waals surface area contributed by atoms with E-state index < -0.39 is 6.04 Å². The number of halogens is 1. The molecule has 0 spiro atoms. The molecule has 0 saturated heterocycles. The molecule has 0 radical (unpaired) electrons. The second-order valence-corrected chi connectivity index (χ2v) is 7.17. The van der Waals surface area contributed by atoms with Crippen molar-refractivity contribution in [1.29, 1.82) is 0 Å². The van der Waals surface area contributed by atoms with Crippen molar-refractivity contribution in [2.45, 2.75) is 13.0 Å². The lowest BCUT2D eigenvalue weighted by atomic mass is 9.96. The molecule has 2 amide bonds. The van der Waals surface area contributed by atoms with Gasteiger partial charge in [-0.3, -0.25) is 5.32 Å². The topological polar surface area (TPSA) is 86.6 Å². The smallest absolute Gasteiger partial charge is 0.321 e. The van der Waals surface area contributed by atoms with Crippen molar-refractivity contribution >= 4 is 23.4 Å². The summed E-state index contributed by atoms with van der Waals surface area (Å²) in [7, 11) is 4.65.